The minimum atomic E-state index is -0.213. The fourth-order valence-electron chi connectivity index (χ4n) is 2.72. The van der Waals surface area contributed by atoms with Crippen molar-refractivity contribution < 1.29 is 14.3 Å². The number of hydrogen-bond donors (Lipinski definition) is 1. The highest BCUT2D eigenvalue weighted by Crippen LogP contribution is 2.19. The lowest BCUT2D eigenvalue weighted by Gasteiger charge is -2.14. The molecule has 0 aliphatic carbocycles. The number of para-hydroxylation sites is 1. The summed E-state index contributed by atoms with van der Waals surface area (Å²) in [5.41, 5.74) is 1.09. The van der Waals surface area contributed by atoms with E-state index in [2.05, 4.69) is 5.32 Å². The highest BCUT2D eigenvalue weighted by molar-refractivity contribution is 5.89. The predicted octanol–water partition coefficient (Wildman–Crippen LogP) is 1.61. The van der Waals surface area contributed by atoms with Gasteiger partial charge in [0.2, 0.25) is 11.8 Å². The zero-order valence-electron chi connectivity index (χ0n) is 13.3. The van der Waals surface area contributed by atoms with E-state index in [9.17, 15) is 9.59 Å². The smallest absolute Gasteiger partial charge is 0.225 e. The van der Waals surface area contributed by atoms with Crippen molar-refractivity contribution in [1.82, 2.24) is 10.2 Å². The average molecular weight is 304 g/mol. The van der Waals surface area contributed by atoms with E-state index in [0.717, 1.165) is 17.7 Å². The van der Waals surface area contributed by atoms with E-state index >= 15 is 0 Å². The van der Waals surface area contributed by atoms with E-state index in [1.54, 1.807) is 4.90 Å². The summed E-state index contributed by atoms with van der Waals surface area (Å²) in [4.78, 5) is 25.5. The number of likely N-dealkylation sites (tertiary alicyclic amines) is 1. The molecule has 1 unspecified atom stereocenters. The molecule has 0 saturated carbocycles. The first-order valence-electron chi connectivity index (χ1n) is 7.91. The standard InChI is InChI=1S/C17H24N2O3/c1-3-19-12-14(11-16(19)20)17(21)18-10-9-13-7-5-6-8-15(13)22-4-2/h5-8,14H,3-4,9-12H2,1-2H3,(H,18,21). The Balaban J connectivity index is 1.82. The van der Waals surface area contributed by atoms with Gasteiger partial charge < -0.3 is 15.0 Å². The Labute approximate surface area is 131 Å². The largest absolute Gasteiger partial charge is 0.494 e. The van der Waals surface area contributed by atoms with Gasteiger partial charge in [-0.15, -0.1) is 0 Å². The predicted molar refractivity (Wildman–Crippen MR) is 84.7 cm³/mol. The van der Waals surface area contributed by atoms with Crippen LogP contribution in [0.4, 0.5) is 0 Å². The number of ether oxygens (including phenoxy) is 1. The minimum absolute atomic E-state index is 0.0295. The number of benzene rings is 1. The number of carbonyl (C=O) groups is 2. The molecule has 1 fully saturated rings. The quantitative estimate of drug-likeness (QED) is 0.832. The van der Waals surface area contributed by atoms with Gasteiger partial charge in [0.05, 0.1) is 12.5 Å². The Hall–Kier alpha value is -2.04. The second kappa shape index (κ2) is 7.82. The van der Waals surface area contributed by atoms with Crippen molar-refractivity contribution in [2.75, 3.05) is 26.2 Å². The molecule has 0 aromatic heterocycles. The van der Waals surface area contributed by atoms with Crippen molar-refractivity contribution in [3.05, 3.63) is 29.8 Å². The summed E-state index contributed by atoms with van der Waals surface area (Å²) >= 11 is 0. The van der Waals surface area contributed by atoms with Crippen molar-refractivity contribution in [3.8, 4) is 5.75 Å². The molecular formula is C17H24N2O3. The van der Waals surface area contributed by atoms with Crippen molar-refractivity contribution in [2.45, 2.75) is 26.7 Å². The molecule has 1 aliphatic rings. The zero-order chi connectivity index (χ0) is 15.9. The summed E-state index contributed by atoms with van der Waals surface area (Å²) in [6.07, 6.45) is 1.05. The summed E-state index contributed by atoms with van der Waals surface area (Å²) in [7, 11) is 0. The lowest BCUT2D eigenvalue weighted by atomic mass is 10.1. The normalized spacial score (nSPS) is 17.6. The van der Waals surface area contributed by atoms with E-state index in [1.165, 1.54) is 0 Å². The molecular weight excluding hydrogens is 280 g/mol. The van der Waals surface area contributed by atoms with Gasteiger partial charge in [0, 0.05) is 26.1 Å². The maximum atomic E-state index is 12.1. The Kier molecular flexibility index (Phi) is 5.81. The van der Waals surface area contributed by atoms with Gasteiger partial charge in [-0.25, -0.2) is 0 Å². The molecule has 1 aromatic rings. The molecule has 2 amide bonds. The third-order valence-corrected chi connectivity index (χ3v) is 3.93. The first kappa shape index (κ1) is 16.3. The van der Waals surface area contributed by atoms with Gasteiger partial charge in [0.25, 0.3) is 0 Å². The van der Waals surface area contributed by atoms with E-state index < -0.39 is 0 Å². The third kappa shape index (κ3) is 4.00. The van der Waals surface area contributed by atoms with Gasteiger partial charge in [0.1, 0.15) is 5.75 Å². The van der Waals surface area contributed by atoms with E-state index in [4.69, 9.17) is 4.74 Å². The van der Waals surface area contributed by atoms with Crippen molar-refractivity contribution in [2.24, 2.45) is 5.92 Å². The van der Waals surface area contributed by atoms with Crippen LogP contribution in [-0.2, 0) is 16.0 Å². The monoisotopic (exact) mass is 304 g/mol. The average Bonchev–Trinajstić information content (AvgIpc) is 2.90. The lowest BCUT2D eigenvalue weighted by molar-refractivity contribution is -0.128. The van der Waals surface area contributed by atoms with Crippen LogP contribution in [-0.4, -0.2) is 43.0 Å². The number of rotatable bonds is 7. The Morgan fingerprint density at radius 2 is 2.14 bits per heavy atom. The van der Waals surface area contributed by atoms with Crippen LogP contribution < -0.4 is 10.1 Å². The van der Waals surface area contributed by atoms with Gasteiger partial charge >= 0.3 is 0 Å². The van der Waals surface area contributed by atoms with Crippen LogP contribution in [0.2, 0.25) is 0 Å². The number of nitrogens with one attached hydrogen (secondary N) is 1. The number of nitrogens with zero attached hydrogens (tertiary/aromatic N) is 1. The lowest BCUT2D eigenvalue weighted by Crippen LogP contribution is -2.34. The molecule has 2 rings (SSSR count). The van der Waals surface area contributed by atoms with Crippen LogP contribution in [0, 0.1) is 5.92 Å². The maximum Gasteiger partial charge on any atom is 0.225 e. The van der Waals surface area contributed by atoms with Crippen molar-refractivity contribution >= 4 is 11.8 Å². The molecule has 1 aliphatic heterocycles. The summed E-state index contributed by atoms with van der Waals surface area (Å²) in [6, 6.07) is 7.86. The Morgan fingerprint density at radius 3 is 2.82 bits per heavy atom. The van der Waals surface area contributed by atoms with Crippen LogP contribution in [0.1, 0.15) is 25.8 Å². The molecule has 1 atom stereocenters. The van der Waals surface area contributed by atoms with E-state index in [0.29, 0.717) is 32.7 Å². The number of amides is 2. The van der Waals surface area contributed by atoms with Crippen molar-refractivity contribution in [3.63, 3.8) is 0 Å². The molecule has 0 spiro atoms. The maximum absolute atomic E-state index is 12.1. The highest BCUT2D eigenvalue weighted by atomic mass is 16.5. The first-order valence-corrected chi connectivity index (χ1v) is 7.91. The molecule has 1 aromatic carbocycles. The van der Waals surface area contributed by atoms with Crippen molar-refractivity contribution in [1.29, 1.82) is 0 Å². The van der Waals surface area contributed by atoms with Gasteiger partial charge in [-0.2, -0.15) is 0 Å². The summed E-state index contributed by atoms with van der Waals surface area (Å²) in [6.45, 7) is 6.28. The molecule has 1 heterocycles. The fourth-order valence-corrected chi connectivity index (χ4v) is 2.72. The van der Waals surface area contributed by atoms with Crippen LogP contribution in [0.3, 0.4) is 0 Å². The van der Waals surface area contributed by atoms with Gasteiger partial charge in [-0.3, -0.25) is 9.59 Å². The first-order chi connectivity index (χ1) is 10.7. The van der Waals surface area contributed by atoms with Gasteiger partial charge in [-0.05, 0) is 31.9 Å². The fraction of sp³-hybridized carbons (Fsp3) is 0.529. The van der Waals surface area contributed by atoms with Crippen LogP contribution in [0.25, 0.3) is 0 Å². The minimum Gasteiger partial charge on any atom is -0.494 e. The Bertz CT molecular complexity index is 530. The molecule has 1 N–H and O–H groups in total. The third-order valence-electron chi connectivity index (χ3n) is 3.93. The topological polar surface area (TPSA) is 58.6 Å². The molecule has 0 radical (unpaired) electrons. The van der Waals surface area contributed by atoms with Gasteiger partial charge in [0.15, 0.2) is 0 Å². The van der Waals surface area contributed by atoms with E-state index in [-0.39, 0.29) is 17.7 Å². The molecule has 5 nitrogen and oxygen atoms in total. The molecule has 0 bridgehead atoms. The van der Waals surface area contributed by atoms with Gasteiger partial charge in [-0.1, -0.05) is 18.2 Å². The Morgan fingerprint density at radius 1 is 1.36 bits per heavy atom. The second-order valence-electron chi connectivity index (χ2n) is 5.42. The molecule has 120 valence electrons. The molecule has 22 heavy (non-hydrogen) atoms. The van der Waals surface area contributed by atoms with E-state index in [1.807, 2.05) is 38.1 Å². The number of hydrogen-bond acceptors (Lipinski definition) is 3. The second-order valence-corrected chi connectivity index (χ2v) is 5.42. The summed E-state index contributed by atoms with van der Waals surface area (Å²) in [5.74, 6) is 0.699. The summed E-state index contributed by atoms with van der Waals surface area (Å²) in [5, 5.41) is 2.93. The zero-order valence-corrected chi connectivity index (χ0v) is 13.3. The number of carbonyl (C=O) groups excluding carboxylic acids is 2. The van der Waals surface area contributed by atoms with Crippen LogP contribution in [0.5, 0.6) is 5.75 Å². The van der Waals surface area contributed by atoms with Crippen LogP contribution >= 0.6 is 0 Å². The highest BCUT2D eigenvalue weighted by Gasteiger charge is 2.32. The SMILES string of the molecule is CCOc1ccccc1CCNC(=O)C1CC(=O)N(CC)C1. The summed E-state index contributed by atoms with van der Waals surface area (Å²) < 4.78 is 5.57. The molecule has 1 saturated heterocycles. The van der Waals surface area contributed by atoms with Crippen LogP contribution in [0.15, 0.2) is 24.3 Å². The molecule has 5 heteroatoms.